The van der Waals surface area contributed by atoms with Gasteiger partial charge in [-0.15, -0.1) is 6.58 Å². The van der Waals surface area contributed by atoms with E-state index in [-0.39, 0.29) is 49.7 Å². The van der Waals surface area contributed by atoms with Gasteiger partial charge in [-0.25, -0.2) is 9.37 Å². The number of nitrogens with two attached hydrogens (primary N) is 1. The highest BCUT2D eigenvalue weighted by Crippen LogP contribution is 2.48. The predicted octanol–water partition coefficient (Wildman–Crippen LogP) is 2.43. The normalized spacial score (nSPS) is 13.1. The standard InChI is InChI=1S/C21H25FN5O6P/c1-2-4-17(28)13-33-34(30,32-12-15-5-3-6-16(22)11-15)10-9-31-8-7-27-14-24-18-19(27)25-21(23)26-20(18)29/h2-3,5-6,11,14H,1,4,7-10,12-13H2,(H3,23,25,26,29). The lowest BCUT2D eigenvalue weighted by atomic mass is 10.2. The second kappa shape index (κ2) is 11.8. The molecule has 0 amide bonds. The number of rotatable bonds is 14. The van der Waals surface area contributed by atoms with Crippen LogP contribution in [0.2, 0.25) is 0 Å². The van der Waals surface area contributed by atoms with Gasteiger partial charge in [0.05, 0.1) is 32.3 Å². The Morgan fingerprint density at radius 3 is 2.91 bits per heavy atom. The first-order valence-corrected chi connectivity index (χ1v) is 12.1. The third-order valence-electron chi connectivity index (χ3n) is 4.59. The van der Waals surface area contributed by atoms with Crippen molar-refractivity contribution in [1.29, 1.82) is 0 Å². The van der Waals surface area contributed by atoms with E-state index in [4.69, 9.17) is 19.5 Å². The average Bonchev–Trinajstić information content (AvgIpc) is 3.20. The molecule has 34 heavy (non-hydrogen) atoms. The number of carbonyl (C=O) groups is 1. The van der Waals surface area contributed by atoms with Crippen molar-refractivity contribution in [3.05, 3.63) is 65.0 Å². The van der Waals surface area contributed by atoms with Crippen molar-refractivity contribution in [3.63, 3.8) is 0 Å². The first kappa shape index (κ1) is 25.4. The molecule has 2 aromatic heterocycles. The molecule has 0 saturated heterocycles. The number of halogens is 1. The third kappa shape index (κ3) is 7.16. The van der Waals surface area contributed by atoms with Crippen LogP contribution in [0.1, 0.15) is 12.0 Å². The topological polar surface area (TPSA) is 151 Å². The van der Waals surface area contributed by atoms with Crippen LogP contribution in [0.4, 0.5) is 10.3 Å². The summed E-state index contributed by atoms with van der Waals surface area (Å²) in [5, 5.41) is 0. The van der Waals surface area contributed by atoms with Crippen molar-refractivity contribution >= 4 is 30.5 Å². The van der Waals surface area contributed by atoms with E-state index in [1.165, 1.54) is 30.6 Å². The van der Waals surface area contributed by atoms with E-state index in [2.05, 4.69) is 21.5 Å². The lowest BCUT2D eigenvalue weighted by Crippen LogP contribution is -2.14. The smallest absolute Gasteiger partial charge is 0.333 e. The van der Waals surface area contributed by atoms with Crippen LogP contribution in [0, 0.1) is 5.82 Å². The third-order valence-corrected chi connectivity index (χ3v) is 6.37. The van der Waals surface area contributed by atoms with E-state index in [0.29, 0.717) is 17.8 Å². The zero-order valence-corrected chi connectivity index (χ0v) is 19.2. The number of nitrogens with one attached hydrogen (secondary N) is 1. The minimum Gasteiger partial charge on any atom is -0.379 e. The minimum absolute atomic E-state index is 0.00113. The van der Waals surface area contributed by atoms with Crippen LogP contribution in [0.3, 0.4) is 0 Å². The van der Waals surface area contributed by atoms with Gasteiger partial charge in [0.1, 0.15) is 12.4 Å². The maximum atomic E-state index is 13.4. The number of ketones is 1. The summed E-state index contributed by atoms with van der Waals surface area (Å²) in [6, 6.07) is 5.66. The quantitative estimate of drug-likeness (QED) is 0.196. The van der Waals surface area contributed by atoms with E-state index in [1.807, 2.05) is 0 Å². The molecular formula is C21H25FN5O6P. The van der Waals surface area contributed by atoms with Gasteiger partial charge in [-0.05, 0) is 17.7 Å². The van der Waals surface area contributed by atoms with Gasteiger partial charge in [-0.3, -0.25) is 19.1 Å². The van der Waals surface area contributed by atoms with Crippen molar-refractivity contribution in [2.75, 3.05) is 31.7 Å². The first-order chi connectivity index (χ1) is 16.3. The monoisotopic (exact) mass is 493 g/mol. The summed E-state index contributed by atoms with van der Waals surface area (Å²) in [4.78, 5) is 34.1. The van der Waals surface area contributed by atoms with Crippen LogP contribution in [0.15, 0.2) is 48.0 Å². The fraction of sp³-hybridized carbons (Fsp3) is 0.333. The number of fused-ring (bicyclic) bond motifs is 1. The molecule has 0 saturated carbocycles. The summed E-state index contributed by atoms with van der Waals surface area (Å²) in [7, 11) is -3.73. The number of nitrogen functional groups attached to an aromatic ring is 1. The van der Waals surface area contributed by atoms with Gasteiger partial charge in [0.2, 0.25) is 5.95 Å². The average molecular weight is 493 g/mol. The Morgan fingerprint density at radius 2 is 2.15 bits per heavy atom. The number of anilines is 1. The van der Waals surface area contributed by atoms with Crippen LogP contribution in [0.5, 0.6) is 0 Å². The maximum absolute atomic E-state index is 13.4. The molecule has 1 aromatic carbocycles. The van der Waals surface area contributed by atoms with E-state index in [9.17, 15) is 18.5 Å². The van der Waals surface area contributed by atoms with Crippen molar-refractivity contribution in [2.45, 2.75) is 19.6 Å². The molecule has 3 N–H and O–H groups in total. The summed E-state index contributed by atoms with van der Waals surface area (Å²) >= 11 is 0. The molecule has 0 aliphatic heterocycles. The van der Waals surface area contributed by atoms with Crippen molar-refractivity contribution in [3.8, 4) is 0 Å². The number of imidazole rings is 1. The molecule has 11 nitrogen and oxygen atoms in total. The number of ether oxygens (including phenoxy) is 1. The van der Waals surface area contributed by atoms with Crippen molar-refractivity contribution in [1.82, 2.24) is 19.5 Å². The number of nitrogens with zero attached hydrogens (tertiary/aromatic N) is 3. The van der Waals surface area contributed by atoms with Gasteiger partial charge in [-0.2, -0.15) is 4.98 Å². The SMILES string of the molecule is C=CCC(=O)COP(=O)(CCOCCn1cnc2c(=O)[nH]c(N)nc21)OCc1cccc(F)c1. The molecule has 1 unspecified atom stereocenters. The number of aromatic amines is 1. The summed E-state index contributed by atoms with van der Waals surface area (Å²) in [6.45, 7) is 3.40. The number of H-pyrrole nitrogens is 1. The van der Waals surface area contributed by atoms with Gasteiger partial charge < -0.3 is 24.1 Å². The number of hydrogen-bond donors (Lipinski definition) is 2. The van der Waals surface area contributed by atoms with Crippen LogP contribution in [-0.2, 0) is 36.3 Å². The highest BCUT2D eigenvalue weighted by Gasteiger charge is 2.26. The second-order valence-corrected chi connectivity index (χ2v) is 9.40. The molecule has 0 aliphatic rings. The molecule has 3 aromatic rings. The van der Waals surface area contributed by atoms with Gasteiger partial charge >= 0.3 is 7.60 Å². The van der Waals surface area contributed by atoms with E-state index >= 15 is 0 Å². The minimum atomic E-state index is -3.73. The second-order valence-electron chi connectivity index (χ2n) is 7.22. The van der Waals surface area contributed by atoms with Gasteiger partial charge in [0.15, 0.2) is 16.9 Å². The molecule has 0 aliphatic carbocycles. The molecule has 0 fully saturated rings. The molecule has 13 heteroatoms. The van der Waals surface area contributed by atoms with Crippen molar-refractivity contribution in [2.24, 2.45) is 0 Å². The Labute approximate surface area is 194 Å². The highest BCUT2D eigenvalue weighted by molar-refractivity contribution is 7.53. The Balaban J connectivity index is 1.55. The van der Waals surface area contributed by atoms with Crippen molar-refractivity contribution < 1.29 is 27.5 Å². The van der Waals surface area contributed by atoms with Crippen LogP contribution in [-0.4, -0.2) is 51.3 Å². The summed E-state index contributed by atoms with van der Waals surface area (Å²) < 4.78 is 44.5. The number of carbonyl (C=O) groups excluding carboxylic acids is 1. The Bertz CT molecular complexity index is 1260. The first-order valence-electron chi connectivity index (χ1n) is 10.3. The maximum Gasteiger partial charge on any atom is 0.333 e. The molecule has 3 rings (SSSR count). The Hall–Kier alpha value is -3.18. The Kier molecular flexibility index (Phi) is 8.83. The van der Waals surface area contributed by atoms with Gasteiger partial charge in [-0.1, -0.05) is 18.2 Å². The number of hydrogen-bond acceptors (Lipinski definition) is 9. The zero-order chi connectivity index (χ0) is 24.6. The fourth-order valence-electron chi connectivity index (χ4n) is 2.93. The fourth-order valence-corrected chi connectivity index (χ4v) is 4.30. The molecular weight excluding hydrogens is 468 g/mol. The number of Topliss-reactive ketones (excluding diaryl/α,β-unsaturated/α-hetero) is 1. The molecule has 0 spiro atoms. The summed E-state index contributed by atoms with van der Waals surface area (Å²) in [5.74, 6) is -0.787. The number of allylic oxidation sites excluding steroid dienone is 1. The van der Waals surface area contributed by atoms with Crippen LogP contribution < -0.4 is 11.3 Å². The predicted molar refractivity (Wildman–Crippen MR) is 123 cm³/mol. The van der Waals surface area contributed by atoms with Crippen LogP contribution >= 0.6 is 7.60 Å². The van der Waals surface area contributed by atoms with Crippen LogP contribution in [0.25, 0.3) is 11.2 Å². The lowest BCUT2D eigenvalue weighted by molar-refractivity contribution is -0.120. The van der Waals surface area contributed by atoms with E-state index < -0.39 is 25.6 Å². The molecule has 1 atom stereocenters. The molecule has 0 radical (unpaired) electrons. The zero-order valence-electron chi connectivity index (χ0n) is 18.3. The van der Waals surface area contributed by atoms with Gasteiger partial charge in [0, 0.05) is 13.0 Å². The molecule has 182 valence electrons. The molecule has 0 bridgehead atoms. The van der Waals surface area contributed by atoms with E-state index in [1.54, 1.807) is 10.6 Å². The summed E-state index contributed by atoms with van der Waals surface area (Å²) in [5.41, 5.74) is 6.07. The van der Waals surface area contributed by atoms with Gasteiger partial charge in [0.25, 0.3) is 5.56 Å². The largest absolute Gasteiger partial charge is 0.379 e. The number of aromatic nitrogens is 4. The Morgan fingerprint density at radius 1 is 1.32 bits per heavy atom. The molecule has 2 heterocycles. The highest BCUT2D eigenvalue weighted by atomic mass is 31.2. The van der Waals surface area contributed by atoms with E-state index in [0.717, 1.165) is 0 Å². The summed E-state index contributed by atoms with van der Waals surface area (Å²) in [6.07, 6.45) is 2.81. The number of benzene rings is 1. The lowest BCUT2D eigenvalue weighted by Gasteiger charge is -2.18.